The van der Waals surface area contributed by atoms with Gasteiger partial charge in [-0.15, -0.1) is 0 Å². The van der Waals surface area contributed by atoms with Crippen LogP contribution in [0.5, 0.6) is 0 Å². The third kappa shape index (κ3) is 3.24. The standard InChI is InChI=1S/C12H6Cl2FN3O2S/c13-8-2-3-9(11(14)12(8)15)21(19,20)18-10-4-1-7(5-16)6-17-10/h1-4,6H,(H,17,18). The number of benzene rings is 1. The maximum Gasteiger partial charge on any atom is 0.264 e. The Morgan fingerprint density at radius 1 is 1.24 bits per heavy atom. The van der Waals surface area contributed by atoms with Gasteiger partial charge in [0.05, 0.1) is 15.6 Å². The van der Waals surface area contributed by atoms with Crippen LogP contribution in [0.3, 0.4) is 0 Å². The van der Waals surface area contributed by atoms with Crippen LogP contribution in [0.25, 0.3) is 0 Å². The van der Waals surface area contributed by atoms with Crippen molar-refractivity contribution in [2.75, 3.05) is 4.72 Å². The molecule has 2 aromatic rings. The molecule has 0 amide bonds. The largest absolute Gasteiger partial charge is 0.264 e. The van der Waals surface area contributed by atoms with Crippen LogP contribution in [-0.2, 0) is 10.0 Å². The maximum atomic E-state index is 13.6. The summed E-state index contributed by atoms with van der Waals surface area (Å²) in [5.41, 5.74) is 0.272. The molecule has 21 heavy (non-hydrogen) atoms. The molecule has 1 N–H and O–H groups in total. The van der Waals surface area contributed by atoms with Crippen molar-refractivity contribution in [2.45, 2.75) is 4.90 Å². The lowest BCUT2D eigenvalue weighted by Gasteiger charge is -2.09. The highest BCUT2D eigenvalue weighted by molar-refractivity contribution is 7.92. The molecule has 0 saturated carbocycles. The quantitative estimate of drug-likeness (QED) is 0.865. The second-order valence-electron chi connectivity index (χ2n) is 3.82. The molecule has 0 aliphatic rings. The van der Waals surface area contributed by atoms with Gasteiger partial charge in [0.25, 0.3) is 10.0 Å². The molecule has 1 heterocycles. The monoisotopic (exact) mass is 345 g/mol. The molecule has 0 aliphatic carbocycles. The molecule has 9 heteroatoms. The number of hydrogen-bond donors (Lipinski definition) is 1. The summed E-state index contributed by atoms with van der Waals surface area (Å²) >= 11 is 11.2. The number of aromatic nitrogens is 1. The lowest BCUT2D eigenvalue weighted by molar-refractivity contribution is 0.595. The minimum atomic E-state index is -4.13. The molecule has 2 rings (SSSR count). The van der Waals surface area contributed by atoms with E-state index in [-0.39, 0.29) is 16.4 Å². The number of sulfonamides is 1. The van der Waals surface area contributed by atoms with Crippen molar-refractivity contribution in [3.05, 3.63) is 51.9 Å². The van der Waals surface area contributed by atoms with E-state index in [1.54, 1.807) is 0 Å². The summed E-state index contributed by atoms with van der Waals surface area (Å²) < 4.78 is 39.9. The van der Waals surface area contributed by atoms with Gasteiger partial charge in [0.1, 0.15) is 16.8 Å². The highest BCUT2D eigenvalue weighted by Crippen LogP contribution is 2.30. The summed E-state index contributed by atoms with van der Waals surface area (Å²) in [6, 6.07) is 6.70. The molecule has 0 bridgehead atoms. The third-order valence-corrected chi connectivity index (χ3v) is 4.59. The SMILES string of the molecule is N#Cc1ccc(NS(=O)(=O)c2ccc(Cl)c(F)c2Cl)nc1. The van der Waals surface area contributed by atoms with E-state index in [1.807, 2.05) is 6.07 Å². The van der Waals surface area contributed by atoms with Crippen molar-refractivity contribution in [3.8, 4) is 6.07 Å². The van der Waals surface area contributed by atoms with E-state index in [1.165, 1.54) is 18.3 Å². The summed E-state index contributed by atoms with van der Waals surface area (Å²) in [4.78, 5) is 3.29. The zero-order chi connectivity index (χ0) is 15.6. The van der Waals surface area contributed by atoms with Crippen LogP contribution in [0.4, 0.5) is 10.2 Å². The highest BCUT2D eigenvalue weighted by atomic mass is 35.5. The smallest absolute Gasteiger partial charge is 0.263 e. The summed E-state index contributed by atoms with van der Waals surface area (Å²) in [5, 5.41) is 7.74. The number of nitriles is 1. The van der Waals surface area contributed by atoms with Gasteiger partial charge < -0.3 is 0 Å². The van der Waals surface area contributed by atoms with Crippen molar-refractivity contribution in [1.29, 1.82) is 5.26 Å². The first-order valence-corrected chi connectivity index (χ1v) is 7.61. The number of rotatable bonds is 3. The first kappa shape index (κ1) is 15.5. The molecular formula is C12H6Cl2FN3O2S. The third-order valence-electron chi connectivity index (χ3n) is 2.42. The predicted molar refractivity (Wildman–Crippen MR) is 76.2 cm³/mol. The van der Waals surface area contributed by atoms with Crippen LogP contribution in [0.15, 0.2) is 35.4 Å². The first-order valence-electron chi connectivity index (χ1n) is 5.37. The molecule has 1 aromatic carbocycles. The minimum Gasteiger partial charge on any atom is -0.263 e. The Morgan fingerprint density at radius 2 is 1.95 bits per heavy atom. The van der Waals surface area contributed by atoms with Crippen molar-refractivity contribution in [1.82, 2.24) is 4.98 Å². The molecule has 108 valence electrons. The summed E-state index contributed by atoms with van der Waals surface area (Å²) in [6.07, 6.45) is 1.20. The van der Waals surface area contributed by atoms with Crippen molar-refractivity contribution >= 4 is 39.0 Å². The van der Waals surface area contributed by atoms with Gasteiger partial charge in [0.15, 0.2) is 5.82 Å². The second-order valence-corrected chi connectivity index (χ2v) is 6.26. The van der Waals surface area contributed by atoms with Crippen molar-refractivity contribution < 1.29 is 12.8 Å². The normalized spacial score (nSPS) is 11.0. The Hall–Kier alpha value is -1.88. The van der Waals surface area contributed by atoms with Crippen LogP contribution >= 0.6 is 23.2 Å². The van der Waals surface area contributed by atoms with Crippen LogP contribution in [0, 0.1) is 17.1 Å². The van der Waals surface area contributed by atoms with E-state index < -0.39 is 25.8 Å². The van der Waals surface area contributed by atoms with Gasteiger partial charge in [-0.25, -0.2) is 17.8 Å². The first-order chi connectivity index (χ1) is 9.85. The predicted octanol–water partition coefficient (Wildman–Crippen LogP) is 3.20. The fourth-order valence-corrected chi connectivity index (χ4v) is 3.18. The molecule has 0 spiro atoms. The molecule has 0 aliphatic heterocycles. The Labute approximate surface area is 130 Å². The van der Waals surface area contributed by atoms with Crippen LogP contribution in [0.2, 0.25) is 10.0 Å². The molecule has 1 aromatic heterocycles. The van der Waals surface area contributed by atoms with Gasteiger partial charge in [-0.3, -0.25) is 4.72 Å². The van der Waals surface area contributed by atoms with Gasteiger partial charge in [-0.05, 0) is 24.3 Å². The van der Waals surface area contributed by atoms with Gasteiger partial charge in [-0.1, -0.05) is 23.2 Å². The fourth-order valence-electron chi connectivity index (χ4n) is 1.43. The Morgan fingerprint density at radius 3 is 2.52 bits per heavy atom. The maximum absolute atomic E-state index is 13.6. The average molecular weight is 346 g/mol. The lowest BCUT2D eigenvalue weighted by Crippen LogP contribution is -2.15. The summed E-state index contributed by atoms with van der Waals surface area (Å²) in [6.45, 7) is 0. The highest BCUT2D eigenvalue weighted by Gasteiger charge is 2.22. The van der Waals surface area contributed by atoms with E-state index in [0.29, 0.717) is 0 Å². The van der Waals surface area contributed by atoms with Crippen LogP contribution < -0.4 is 4.72 Å². The minimum absolute atomic E-state index is 0.0274. The van der Waals surface area contributed by atoms with Crippen molar-refractivity contribution in [3.63, 3.8) is 0 Å². The molecule has 0 atom stereocenters. The van der Waals surface area contributed by atoms with E-state index in [2.05, 4.69) is 9.71 Å². The number of anilines is 1. The molecule has 0 fully saturated rings. The molecule has 5 nitrogen and oxygen atoms in total. The number of nitrogens with one attached hydrogen (secondary N) is 1. The average Bonchev–Trinajstić information content (AvgIpc) is 2.45. The Bertz CT molecular complexity index is 833. The molecule has 0 unspecified atom stereocenters. The van der Waals surface area contributed by atoms with E-state index in [9.17, 15) is 12.8 Å². The lowest BCUT2D eigenvalue weighted by atomic mass is 10.3. The van der Waals surface area contributed by atoms with E-state index in [0.717, 1.165) is 12.1 Å². The van der Waals surface area contributed by atoms with Crippen LogP contribution in [0.1, 0.15) is 5.56 Å². The second kappa shape index (κ2) is 5.85. The number of pyridine rings is 1. The molecule has 0 saturated heterocycles. The zero-order valence-corrected chi connectivity index (χ0v) is 12.5. The molecular weight excluding hydrogens is 340 g/mol. The van der Waals surface area contributed by atoms with Gasteiger partial charge in [-0.2, -0.15) is 5.26 Å². The number of hydrogen-bond acceptors (Lipinski definition) is 4. The zero-order valence-electron chi connectivity index (χ0n) is 10.1. The fraction of sp³-hybridized carbons (Fsp3) is 0. The number of halogens is 3. The van der Waals surface area contributed by atoms with Gasteiger partial charge in [0, 0.05) is 6.20 Å². The van der Waals surface area contributed by atoms with Gasteiger partial charge in [0.2, 0.25) is 0 Å². The summed E-state index contributed by atoms with van der Waals surface area (Å²) in [7, 11) is -4.13. The van der Waals surface area contributed by atoms with Crippen molar-refractivity contribution in [2.24, 2.45) is 0 Å². The topological polar surface area (TPSA) is 82.9 Å². The van der Waals surface area contributed by atoms with E-state index in [4.69, 9.17) is 28.5 Å². The Balaban J connectivity index is 2.39. The molecule has 0 radical (unpaired) electrons. The summed E-state index contributed by atoms with van der Waals surface area (Å²) in [5.74, 6) is -1.05. The van der Waals surface area contributed by atoms with E-state index >= 15 is 0 Å². The Kier molecular flexibility index (Phi) is 4.32. The number of nitrogens with zero attached hydrogens (tertiary/aromatic N) is 2. The van der Waals surface area contributed by atoms with Crippen LogP contribution in [-0.4, -0.2) is 13.4 Å². The van der Waals surface area contributed by atoms with Gasteiger partial charge >= 0.3 is 0 Å².